The molecule has 0 spiro atoms. The lowest BCUT2D eigenvalue weighted by atomic mass is 9.99. The molecular formula is C35H36N6O4S. The third kappa shape index (κ3) is 7.80. The van der Waals surface area contributed by atoms with Gasteiger partial charge >= 0.3 is 6.03 Å². The minimum atomic E-state index is -0.602. The molecule has 236 valence electrons. The van der Waals surface area contributed by atoms with Gasteiger partial charge in [0.1, 0.15) is 0 Å². The highest BCUT2D eigenvalue weighted by Crippen LogP contribution is 2.40. The molecule has 1 aliphatic rings. The van der Waals surface area contributed by atoms with E-state index >= 15 is 0 Å². The molecule has 1 saturated heterocycles. The van der Waals surface area contributed by atoms with Crippen LogP contribution in [-0.4, -0.2) is 49.7 Å². The first-order valence-corrected chi connectivity index (χ1v) is 16.3. The summed E-state index contributed by atoms with van der Waals surface area (Å²) >= 11 is 1.55. The van der Waals surface area contributed by atoms with Gasteiger partial charge in [0.15, 0.2) is 6.29 Å². The zero-order valence-electron chi connectivity index (χ0n) is 25.5. The normalized spacial score (nSPS) is 17.8. The van der Waals surface area contributed by atoms with E-state index in [1.54, 1.807) is 16.4 Å². The van der Waals surface area contributed by atoms with Gasteiger partial charge in [0.25, 0.3) is 0 Å². The highest BCUT2D eigenvalue weighted by molar-refractivity contribution is 7.99. The van der Waals surface area contributed by atoms with Gasteiger partial charge in [-0.25, -0.2) is 4.79 Å². The predicted molar refractivity (Wildman–Crippen MR) is 176 cm³/mol. The Bertz CT molecular complexity index is 1730. The van der Waals surface area contributed by atoms with Crippen LogP contribution in [0.3, 0.4) is 0 Å². The van der Waals surface area contributed by atoms with E-state index in [4.69, 9.17) is 9.47 Å². The summed E-state index contributed by atoms with van der Waals surface area (Å²) in [6.45, 7) is 2.88. The minimum absolute atomic E-state index is 0.0110. The summed E-state index contributed by atoms with van der Waals surface area (Å²) in [6.07, 6.45) is -0.321. The molecule has 10 nitrogen and oxygen atoms in total. The van der Waals surface area contributed by atoms with Gasteiger partial charge in [-0.1, -0.05) is 90.6 Å². The molecule has 4 aromatic carbocycles. The van der Waals surface area contributed by atoms with Crippen molar-refractivity contribution in [1.82, 2.24) is 30.8 Å². The van der Waals surface area contributed by atoms with E-state index in [0.717, 1.165) is 39.1 Å². The van der Waals surface area contributed by atoms with Crippen LogP contribution in [0.4, 0.5) is 4.79 Å². The summed E-state index contributed by atoms with van der Waals surface area (Å²) in [7, 11) is 0. The van der Waals surface area contributed by atoms with Gasteiger partial charge in [0.05, 0.1) is 24.5 Å². The smallest absolute Gasteiger partial charge is 0.315 e. The highest BCUT2D eigenvalue weighted by Gasteiger charge is 2.33. The van der Waals surface area contributed by atoms with Gasteiger partial charge in [-0.3, -0.25) is 0 Å². The third-order valence-electron chi connectivity index (χ3n) is 7.66. The van der Waals surface area contributed by atoms with E-state index in [1.165, 1.54) is 0 Å². The molecule has 2 heterocycles. The average Bonchev–Trinajstić information content (AvgIpc) is 3.59. The molecule has 6 rings (SSSR count). The number of urea groups is 1. The number of carbonyl (C=O) groups is 1. The molecule has 11 heteroatoms. The van der Waals surface area contributed by atoms with Gasteiger partial charge in [-0.2, -0.15) is 4.68 Å². The fourth-order valence-electron chi connectivity index (χ4n) is 5.32. The lowest BCUT2D eigenvalue weighted by Crippen LogP contribution is -2.34. The Kier molecular flexibility index (Phi) is 10.4. The summed E-state index contributed by atoms with van der Waals surface area (Å²) < 4.78 is 14.9. The van der Waals surface area contributed by atoms with Crippen LogP contribution in [0.15, 0.2) is 108 Å². The van der Waals surface area contributed by atoms with Crippen molar-refractivity contribution in [3.05, 3.63) is 125 Å². The van der Waals surface area contributed by atoms with Crippen molar-refractivity contribution in [3.8, 4) is 16.8 Å². The third-order valence-corrected chi connectivity index (χ3v) is 8.72. The molecular weight excluding hydrogens is 600 g/mol. The number of hydrogen-bond donors (Lipinski definition) is 3. The Balaban J connectivity index is 1.22. The van der Waals surface area contributed by atoms with Crippen LogP contribution < -0.4 is 10.6 Å². The number of amides is 2. The zero-order chi connectivity index (χ0) is 31.7. The summed E-state index contributed by atoms with van der Waals surface area (Å²) in [5.74, 6) is 0.624. The lowest BCUT2D eigenvalue weighted by molar-refractivity contribution is -0.245. The standard InChI is InChI=1S/C35H36N6O4S/c1-2-36-34(43)37-21-25-8-6-9-27(18-25)28-10-7-11-29(19-28)33-44-31(20-32(45-33)26-16-14-24(22-42)15-17-26)23-46-35-38-39-40-41(35)30-12-4-3-5-13-30/h3-19,31-33,42H,2,20-23H2,1H3,(H2,36,37,43). The largest absolute Gasteiger partial charge is 0.392 e. The van der Waals surface area contributed by atoms with Gasteiger partial charge < -0.3 is 25.2 Å². The molecule has 0 bridgehead atoms. The van der Waals surface area contributed by atoms with E-state index in [0.29, 0.717) is 30.4 Å². The SMILES string of the molecule is CCNC(=O)NCc1cccc(-c2cccc(C3OC(CSc4nnnn4-c4ccccc4)CC(c4ccc(CO)cc4)O3)c2)c1. The van der Waals surface area contributed by atoms with Crippen LogP contribution in [0.25, 0.3) is 16.8 Å². The van der Waals surface area contributed by atoms with E-state index in [-0.39, 0.29) is 24.8 Å². The quantitative estimate of drug-likeness (QED) is 0.151. The average molecular weight is 637 g/mol. The van der Waals surface area contributed by atoms with Gasteiger partial charge in [0, 0.05) is 30.8 Å². The van der Waals surface area contributed by atoms with E-state index in [2.05, 4.69) is 50.4 Å². The number of benzene rings is 4. The number of tetrazole rings is 1. The van der Waals surface area contributed by atoms with Crippen molar-refractivity contribution in [2.24, 2.45) is 0 Å². The summed E-state index contributed by atoms with van der Waals surface area (Å²) in [5, 5.41) is 28.2. The molecule has 0 radical (unpaired) electrons. The predicted octanol–water partition coefficient (Wildman–Crippen LogP) is 5.98. The van der Waals surface area contributed by atoms with Crippen LogP contribution >= 0.6 is 11.8 Å². The summed E-state index contributed by atoms with van der Waals surface area (Å²) in [4.78, 5) is 11.9. The number of hydrogen-bond acceptors (Lipinski definition) is 8. The maximum atomic E-state index is 11.9. The van der Waals surface area contributed by atoms with E-state index < -0.39 is 6.29 Å². The van der Waals surface area contributed by atoms with Gasteiger partial charge in [-0.15, -0.1) is 5.10 Å². The first-order valence-electron chi connectivity index (χ1n) is 15.3. The van der Waals surface area contributed by atoms with E-state index in [1.807, 2.05) is 85.8 Å². The Morgan fingerprint density at radius 3 is 2.46 bits per heavy atom. The number of nitrogens with zero attached hydrogens (tertiary/aromatic N) is 4. The molecule has 3 atom stereocenters. The number of thioether (sulfide) groups is 1. The van der Waals surface area contributed by atoms with Crippen LogP contribution in [-0.2, 0) is 22.6 Å². The number of ether oxygens (including phenoxy) is 2. The number of rotatable bonds is 11. The monoisotopic (exact) mass is 636 g/mol. The van der Waals surface area contributed by atoms with Crippen LogP contribution in [0.2, 0.25) is 0 Å². The minimum Gasteiger partial charge on any atom is -0.392 e. The molecule has 0 saturated carbocycles. The molecule has 0 aliphatic carbocycles. The van der Waals surface area contributed by atoms with Crippen molar-refractivity contribution in [1.29, 1.82) is 0 Å². The summed E-state index contributed by atoms with van der Waals surface area (Å²) in [6, 6.07) is 33.8. The second-order valence-corrected chi connectivity index (χ2v) is 11.9. The first kappa shape index (κ1) is 31.4. The fraction of sp³-hybridized carbons (Fsp3) is 0.257. The number of aromatic nitrogens is 4. The molecule has 1 fully saturated rings. The molecule has 2 amide bonds. The van der Waals surface area contributed by atoms with Crippen molar-refractivity contribution < 1.29 is 19.4 Å². The fourth-order valence-corrected chi connectivity index (χ4v) is 6.23. The van der Waals surface area contributed by atoms with Crippen LogP contribution in [0.5, 0.6) is 0 Å². The topological polar surface area (TPSA) is 123 Å². The molecule has 46 heavy (non-hydrogen) atoms. The van der Waals surface area contributed by atoms with Crippen molar-refractivity contribution in [3.63, 3.8) is 0 Å². The lowest BCUT2D eigenvalue weighted by Gasteiger charge is -2.36. The first-order chi connectivity index (χ1) is 22.6. The molecule has 1 aromatic heterocycles. The Morgan fingerprint density at radius 2 is 1.67 bits per heavy atom. The molecule has 5 aromatic rings. The van der Waals surface area contributed by atoms with Gasteiger partial charge in [-0.05, 0) is 69.4 Å². The van der Waals surface area contributed by atoms with Crippen LogP contribution in [0.1, 0.15) is 48.0 Å². The Hall–Kier alpha value is -4.55. The van der Waals surface area contributed by atoms with Crippen LogP contribution in [0, 0.1) is 0 Å². The molecule has 1 aliphatic heterocycles. The number of para-hydroxylation sites is 1. The Morgan fingerprint density at radius 1 is 0.891 bits per heavy atom. The second-order valence-electron chi connectivity index (χ2n) is 10.9. The van der Waals surface area contributed by atoms with Crippen molar-refractivity contribution in [2.45, 2.75) is 50.2 Å². The molecule has 3 N–H and O–H groups in total. The van der Waals surface area contributed by atoms with Gasteiger partial charge in [0.2, 0.25) is 5.16 Å². The zero-order valence-corrected chi connectivity index (χ0v) is 26.3. The maximum absolute atomic E-state index is 11.9. The highest BCUT2D eigenvalue weighted by atomic mass is 32.2. The number of aliphatic hydroxyl groups excluding tert-OH is 1. The number of nitrogens with one attached hydrogen (secondary N) is 2. The van der Waals surface area contributed by atoms with Crippen molar-refractivity contribution in [2.75, 3.05) is 12.3 Å². The number of carbonyl (C=O) groups excluding carboxylic acids is 1. The van der Waals surface area contributed by atoms with Crippen molar-refractivity contribution >= 4 is 17.8 Å². The Labute approximate surface area is 272 Å². The molecule has 3 unspecified atom stereocenters. The second kappa shape index (κ2) is 15.2. The number of aliphatic hydroxyl groups is 1. The maximum Gasteiger partial charge on any atom is 0.315 e. The summed E-state index contributed by atoms with van der Waals surface area (Å²) in [5.41, 5.74) is 6.73. The van der Waals surface area contributed by atoms with E-state index in [9.17, 15) is 9.90 Å².